The van der Waals surface area contributed by atoms with Crippen LogP contribution in [0.15, 0.2) is 70.2 Å². The number of pyridine rings is 1. The SMILES string of the molecule is COc1ccc(N2C(=O)C(Nc3cccc(OC)c3)=C(Sc3nc(C)cc(C)c3C#N)C2=O)cc1. The van der Waals surface area contributed by atoms with E-state index in [1.807, 2.05) is 13.8 Å². The van der Waals surface area contributed by atoms with Gasteiger partial charge in [-0.25, -0.2) is 9.88 Å². The number of carbonyl (C=O) groups excluding carboxylic acids is 2. The van der Waals surface area contributed by atoms with Crippen LogP contribution < -0.4 is 19.7 Å². The lowest BCUT2D eigenvalue weighted by Gasteiger charge is -2.16. The van der Waals surface area contributed by atoms with Crippen molar-refractivity contribution in [2.75, 3.05) is 24.4 Å². The Morgan fingerprint density at radius 3 is 2.34 bits per heavy atom. The Balaban J connectivity index is 1.80. The van der Waals surface area contributed by atoms with Crippen molar-refractivity contribution in [3.05, 3.63) is 82.0 Å². The van der Waals surface area contributed by atoms with Crippen LogP contribution in [0.2, 0.25) is 0 Å². The van der Waals surface area contributed by atoms with E-state index in [0.29, 0.717) is 39.2 Å². The number of amides is 2. The predicted molar refractivity (Wildman–Crippen MR) is 133 cm³/mol. The minimum absolute atomic E-state index is 0.0916. The van der Waals surface area contributed by atoms with Gasteiger partial charge < -0.3 is 14.8 Å². The van der Waals surface area contributed by atoms with Crippen LogP contribution in [0.25, 0.3) is 0 Å². The molecule has 0 atom stereocenters. The van der Waals surface area contributed by atoms with Gasteiger partial charge in [0.2, 0.25) is 0 Å². The van der Waals surface area contributed by atoms with Crippen molar-refractivity contribution in [1.29, 1.82) is 5.26 Å². The quantitative estimate of drug-likeness (QED) is 0.484. The lowest BCUT2D eigenvalue weighted by atomic mass is 10.1. The molecule has 35 heavy (non-hydrogen) atoms. The summed E-state index contributed by atoms with van der Waals surface area (Å²) >= 11 is 1.00. The molecule has 0 unspecified atom stereocenters. The highest BCUT2D eigenvalue weighted by molar-refractivity contribution is 8.04. The molecule has 1 N–H and O–H groups in total. The molecule has 1 aromatic heterocycles. The number of aryl methyl sites for hydroxylation is 2. The second-order valence-electron chi connectivity index (χ2n) is 7.68. The zero-order valence-electron chi connectivity index (χ0n) is 19.6. The van der Waals surface area contributed by atoms with Crippen LogP contribution in [-0.4, -0.2) is 31.0 Å². The number of nitrogens with one attached hydrogen (secondary N) is 1. The summed E-state index contributed by atoms with van der Waals surface area (Å²) in [4.78, 5) is 32.8. The van der Waals surface area contributed by atoms with E-state index >= 15 is 0 Å². The molecule has 176 valence electrons. The topological polar surface area (TPSA) is 105 Å². The molecule has 8 nitrogen and oxygen atoms in total. The Bertz CT molecular complexity index is 1390. The molecule has 0 spiro atoms. The highest BCUT2D eigenvalue weighted by Gasteiger charge is 2.41. The fourth-order valence-corrected chi connectivity index (χ4v) is 4.75. The summed E-state index contributed by atoms with van der Waals surface area (Å²) < 4.78 is 10.5. The van der Waals surface area contributed by atoms with Gasteiger partial charge in [0.1, 0.15) is 33.2 Å². The molecule has 3 aromatic rings. The molecular weight excluding hydrogens is 464 g/mol. The molecule has 2 aromatic carbocycles. The third-order valence-corrected chi connectivity index (χ3v) is 6.40. The van der Waals surface area contributed by atoms with Crippen LogP contribution in [-0.2, 0) is 9.59 Å². The maximum absolute atomic E-state index is 13.6. The molecule has 0 aliphatic carbocycles. The van der Waals surface area contributed by atoms with Gasteiger partial charge in [0.05, 0.1) is 25.5 Å². The first kappa shape index (κ1) is 23.9. The number of aromatic nitrogens is 1. The van der Waals surface area contributed by atoms with E-state index in [-0.39, 0.29) is 10.6 Å². The molecule has 1 aliphatic heterocycles. The molecule has 0 radical (unpaired) electrons. The Labute approximate surface area is 207 Å². The first-order valence-electron chi connectivity index (χ1n) is 10.6. The highest BCUT2D eigenvalue weighted by atomic mass is 32.2. The molecule has 9 heteroatoms. The smallest absolute Gasteiger partial charge is 0.283 e. The molecule has 4 rings (SSSR count). The van der Waals surface area contributed by atoms with Gasteiger partial charge in [-0.2, -0.15) is 5.26 Å². The Morgan fingerprint density at radius 2 is 1.69 bits per heavy atom. The van der Waals surface area contributed by atoms with Gasteiger partial charge in [-0.3, -0.25) is 9.59 Å². The first-order valence-corrected chi connectivity index (χ1v) is 11.4. The standard InChI is InChI=1S/C26H22N4O4S/c1-15-12-16(2)28-24(21(15)14-27)35-23-22(29-17-6-5-7-20(13-17)34-4)25(31)30(26(23)32)18-8-10-19(33-3)11-9-18/h5-13,29H,1-4H3. The van der Waals surface area contributed by atoms with E-state index in [1.165, 1.54) is 7.11 Å². The number of imide groups is 1. The average Bonchev–Trinajstić information content (AvgIpc) is 3.08. The summed E-state index contributed by atoms with van der Waals surface area (Å²) in [5.74, 6) is 0.160. The van der Waals surface area contributed by atoms with Gasteiger partial charge in [0.25, 0.3) is 11.8 Å². The van der Waals surface area contributed by atoms with Crippen LogP contribution in [0.4, 0.5) is 11.4 Å². The van der Waals surface area contributed by atoms with Crippen molar-refractivity contribution in [1.82, 2.24) is 4.98 Å². The van der Waals surface area contributed by atoms with Crippen molar-refractivity contribution in [2.24, 2.45) is 0 Å². The summed E-state index contributed by atoms with van der Waals surface area (Å²) in [5.41, 5.74) is 2.87. The van der Waals surface area contributed by atoms with Crippen molar-refractivity contribution < 1.29 is 19.1 Å². The zero-order valence-corrected chi connectivity index (χ0v) is 20.4. The number of rotatable bonds is 7. The summed E-state index contributed by atoms with van der Waals surface area (Å²) in [5, 5.41) is 13.1. The fraction of sp³-hybridized carbons (Fsp3) is 0.154. The molecule has 0 bridgehead atoms. The van der Waals surface area contributed by atoms with E-state index < -0.39 is 11.8 Å². The minimum Gasteiger partial charge on any atom is -0.497 e. The number of anilines is 2. The zero-order chi connectivity index (χ0) is 25.1. The second kappa shape index (κ2) is 9.91. The number of hydrogen-bond acceptors (Lipinski definition) is 8. The maximum Gasteiger partial charge on any atom is 0.283 e. The Morgan fingerprint density at radius 1 is 0.971 bits per heavy atom. The number of nitrogens with zero attached hydrogens (tertiary/aromatic N) is 3. The molecule has 2 heterocycles. The van der Waals surface area contributed by atoms with Gasteiger partial charge in [-0.15, -0.1) is 0 Å². The molecule has 0 saturated heterocycles. The largest absolute Gasteiger partial charge is 0.497 e. The lowest BCUT2D eigenvalue weighted by Crippen LogP contribution is -2.32. The summed E-state index contributed by atoms with van der Waals surface area (Å²) in [6.07, 6.45) is 0. The Hall–Kier alpha value is -4.29. The number of benzene rings is 2. The van der Waals surface area contributed by atoms with Crippen molar-refractivity contribution >= 4 is 35.0 Å². The number of ether oxygens (including phenoxy) is 2. The lowest BCUT2D eigenvalue weighted by molar-refractivity contribution is -0.120. The van der Waals surface area contributed by atoms with Crippen LogP contribution in [0.3, 0.4) is 0 Å². The maximum atomic E-state index is 13.6. The van der Waals surface area contributed by atoms with Crippen molar-refractivity contribution in [3.63, 3.8) is 0 Å². The third kappa shape index (κ3) is 4.69. The first-order chi connectivity index (χ1) is 16.9. The fourth-order valence-electron chi connectivity index (χ4n) is 3.63. The summed E-state index contributed by atoms with van der Waals surface area (Å²) in [7, 11) is 3.09. The van der Waals surface area contributed by atoms with E-state index in [4.69, 9.17) is 9.47 Å². The predicted octanol–water partition coefficient (Wildman–Crippen LogP) is 4.58. The normalized spacial score (nSPS) is 13.2. The number of hydrogen-bond donors (Lipinski definition) is 1. The van der Waals surface area contributed by atoms with E-state index in [1.54, 1.807) is 61.7 Å². The van der Waals surface area contributed by atoms with Crippen LogP contribution in [0.1, 0.15) is 16.8 Å². The van der Waals surface area contributed by atoms with Crippen LogP contribution in [0, 0.1) is 25.2 Å². The van der Waals surface area contributed by atoms with Crippen LogP contribution >= 0.6 is 11.8 Å². The van der Waals surface area contributed by atoms with Gasteiger partial charge >= 0.3 is 0 Å². The van der Waals surface area contributed by atoms with E-state index in [0.717, 1.165) is 22.2 Å². The second-order valence-corrected chi connectivity index (χ2v) is 8.68. The molecular formula is C26H22N4O4S. The Kier molecular flexibility index (Phi) is 6.75. The summed E-state index contributed by atoms with van der Waals surface area (Å²) in [6, 6.07) is 17.6. The number of carbonyl (C=O) groups is 2. The molecule has 2 amide bonds. The van der Waals surface area contributed by atoms with E-state index in [2.05, 4.69) is 16.4 Å². The summed E-state index contributed by atoms with van der Waals surface area (Å²) in [6.45, 7) is 3.62. The molecule has 0 fully saturated rings. The molecule has 1 aliphatic rings. The van der Waals surface area contributed by atoms with Crippen molar-refractivity contribution in [2.45, 2.75) is 18.9 Å². The van der Waals surface area contributed by atoms with Gasteiger partial charge in [0.15, 0.2) is 0 Å². The number of methoxy groups -OCH3 is 2. The number of nitriles is 1. The molecule has 0 saturated carbocycles. The third-order valence-electron chi connectivity index (χ3n) is 5.33. The highest BCUT2D eigenvalue weighted by Crippen LogP contribution is 2.39. The van der Waals surface area contributed by atoms with Gasteiger partial charge in [-0.05, 0) is 61.9 Å². The van der Waals surface area contributed by atoms with Crippen molar-refractivity contribution in [3.8, 4) is 17.6 Å². The van der Waals surface area contributed by atoms with E-state index in [9.17, 15) is 14.9 Å². The monoisotopic (exact) mass is 486 g/mol. The van der Waals surface area contributed by atoms with Gasteiger partial charge in [-0.1, -0.05) is 17.8 Å². The van der Waals surface area contributed by atoms with Gasteiger partial charge in [0, 0.05) is 17.4 Å². The van der Waals surface area contributed by atoms with Crippen LogP contribution in [0.5, 0.6) is 11.5 Å². The average molecular weight is 487 g/mol. The number of thioether (sulfide) groups is 1. The minimum atomic E-state index is -0.520.